The van der Waals surface area contributed by atoms with E-state index in [1.165, 1.54) is 51.6 Å². The number of nitrogens with zero attached hydrogens (tertiary/aromatic N) is 1. The van der Waals surface area contributed by atoms with Crippen LogP contribution < -0.4 is 0 Å². The lowest BCUT2D eigenvalue weighted by Crippen LogP contribution is -2.41. The second-order valence-electron chi connectivity index (χ2n) is 4.68. The summed E-state index contributed by atoms with van der Waals surface area (Å²) in [5, 5.41) is 0. The molecule has 12 heavy (non-hydrogen) atoms. The van der Waals surface area contributed by atoms with Crippen molar-refractivity contribution in [1.29, 1.82) is 0 Å². The van der Waals surface area contributed by atoms with Gasteiger partial charge in [0.2, 0.25) is 0 Å². The number of hydrogen-bond acceptors (Lipinski definition) is 1. The maximum absolute atomic E-state index is 2.75. The smallest absolute Gasteiger partial charge is 0.00953 e. The Kier molecular flexibility index (Phi) is 2.69. The molecule has 1 heteroatoms. The normalized spacial score (nSPS) is 34.2. The predicted octanol–water partition coefficient (Wildman–Crippen LogP) is 2.66. The maximum atomic E-state index is 2.75. The van der Waals surface area contributed by atoms with Crippen LogP contribution in [0.3, 0.4) is 0 Å². The fourth-order valence-corrected chi connectivity index (χ4v) is 2.47. The molecule has 0 N–H and O–H groups in total. The lowest BCUT2D eigenvalue weighted by Gasteiger charge is -2.37. The molecule has 2 fully saturated rings. The first kappa shape index (κ1) is 8.55. The van der Waals surface area contributed by atoms with Crippen molar-refractivity contribution >= 4 is 0 Å². The molecule has 0 aromatic rings. The average molecular weight is 167 g/mol. The Balaban J connectivity index is 1.85. The van der Waals surface area contributed by atoms with Gasteiger partial charge in [-0.3, -0.25) is 0 Å². The largest absolute Gasteiger partial charge is 0.300 e. The first-order valence-corrected chi connectivity index (χ1v) is 5.60. The van der Waals surface area contributed by atoms with Crippen molar-refractivity contribution in [3.05, 3.63) is 0 Å². The van der Waals surface area contributed by atoms with Gasteiger partial charge in [-0.15, -0.1) is 0 Å². The van der Waals surface area contributed by atoms with Crippen LogP contribution in [0.25, 0.3) is 0 Å². The molecule has 1 heterocycles. The molecule has 1 saturated heterocycles. The van der Waals surface area contributed by atoms with Crippen molar-refractivity contribution in [2.24, 2.45) is 5.92 Å². The van der Waals surface area contributed by atoms with Crippen molar-refractivity contribution in [1.82, 2.24) is 4.90 Å². The summed E-state index contributed by atoms with van der Waals surface area (Å²) in [5.74, 6) is 0.952. The van der Waals surface area contributed by atoms with E-state index in [1.54, 1.807) is 0 Å². The van der Waals surface area contributed by atoms with Gasteiger partial charge in [0.1, 0.15) is 0 Å². The van der Waals surface area contributed by atoms with Gasteiger partial charge in [-0.25, -0.2) is 0 Å². The molecular formula is C11H21N. The average Bonchev–Trinajstić information content (AvgIpc) is 2.10. The molecule has 0 aromatic carbocycles. The van der Waals surface area contributed by atoms with Gasteiger partial charge in [-0.2, -0.15) is 0 Å². The summed E-state index contributed by atoms with van der Waals surface area (Å²) in [6, 6.07) is 0.977. The highest BCUT2D eigenvalue weighted by atomic mass is 15.2. The lowest BCUT2D eigenvalue weighted by molar-refractivity contribution is 0.119. The highest BCUT2D eigenvalue weighted by Gasteiger charge is 2.26. The second kappa shape index (κ2) is 3.78. The van der Waals surface area contributed by atoms with Crippen LogP contribution in [0.2, 0.25) is 0 Å². The highest BCUT2D eigenvalue weighted by Crippen LogP contribution is 2.28. The van der Waals surface area contributed by atoms with Gasteiger partial charge in [-0.1, -0.05) is 19.8 Å². The van der Waals surface area contributed by atoms with Crippen LogP contribution in [0.15, 0.2) is 0 Å². The van der Waals surface area contributed by atoms with Crippen molar-refractivity contribution in [3.63, 3.8) is 0 Å². The third kappa shape index (κ3) is 1.82. The van der Waals surface area contributed by atoms with Crippen LogP contribution in [-0.4, -0.2) is 24.0 Å². The summed E-state index contributed by atoms with van der Waals surface area (Å²) < 4.78 is 0. The van der Waals surface area contributed by atoms with E-state index >= 15 is 0 Å². The standard InChI is InChI=1S/C11H21N/c1-10-5-2-3-8-12(9-10)11-6-4-7-11/h10-11H,2-9H2,1H3. The van der Waals surface area contributed by atoms with E-state index in [2.05, 4.69) is 11.8 Å². The van der Waals surface area contributed by atoms with Crippen LogP contribution in [-0.2, 0) is 0 Å². The number of hydrogen-bond donors (Lipinski definition) is 0. The van der Waals surface area contributed by atoms with Crippen molar-refractivity contribution < 1.29 is 0 Å². The second-order valence-corrected chi connectivity index (χ2v) is 4.68. The molecule has 1 aliphatic carbocycles. The molecular weight excluding hydrogens is 146 g/mol. The molecule has 0 spiro atoms. The third-order valence-corrected chi connectivity index (χ3v) is 3.53. The lowest BCUT2D eigenvalue weighted by atomic mass is 9.91. The van der Waals surface area contributed by atoms with Gasteiger partial charge < -0.3 is 4.90 Å². The fraction of sp³-hybridized carbons (Fsp3) is 1.00. The molecule has 0 bridgehead atoms. The SMILES string of the molecule is CC1CCCCN(C2CCC2)C1. The topological polar surface area (TPSA) is 3.24 Å². The molecule has 0 amide bonds. The number of likely N-dealkylation sites (tertiary alicyclic amines) is 1. The van der Waals surface area contributed by atoms with Gasteiger partial charge in [0.25, 0.3) is 0 Å². The van der Waals surface area contributed by atoms with Crippen molar-refractivity contribution in [2.45, 2.75) is 51.5 Å². The van der Waals surface area contributed by atoms with E-state index < -0.39 is 0 Å². The van der Waals surface area contributed by atoms with Crippen molar-refractivity contribution in [2.75, 3.05) is 13.1 Å². The van der Waals surface area contributed by atoms with E-state index in [4.69, 9.17) is 0 Å². The zero-order chi connectivity index (χ0) is 8.39. The Hall–Kier alpha value is -0.0400. The zero-order valence-corrected chi connectivity index (χ0v) is 8.26. The Bertz CT molecular complexity index is 140. The van der Waals surface area contributed by atoms with Gasteiger partial charge in [0, 0.05) is 12.6 Å². The predicted molar refractivity (Wildman–Crippen MR) is 52.2 cm³/mol. The van der Waals surface area contributed by atoms with Gasteiger partial charge in [0.15, 0.2) is 0 Å². The minimum absolute atomic E-state index is 0.952. The summed E-state index contributed by atoms with van der Waals surface area (Å²) in [7, 11) is 0. The van der Waals surface area contributed by atoms with Gasteiger partial charge in [0.05, 0.1) is 0 Å². The summed E-state index contributed by atoms with van der Waals surface area (Å²) in [6.07, 6.45) is 8.81. The van der Waals surface area contributed by atoms with Crippen LogP contribution in [0.1, 0.15) is 45.4 Å². The minimum Gasteiger partial charge on any atom is -0.300 e. The van der Waals surface area contributed by atoms with Crippen LogP contribution in [0.4, 0.5) is 0 Å². The molecule has 2 rings (SSSR count). The van der Waals surface area contributed by atoms with Crippen molar-refractivity contribution in [3.8, 4) is 0 Å². The van der Waals surface area contributed by atoms with Crippen LogP contribution in [0.5, 0.6) is 0 Å². The maximum Gasteiger partial charge on any atom is 0.00953 e. The van der Waals surface area contributed by atoms with Gasteiger partial charge in [-0.05, 0) is 38.1 Å². The molecule has 0 aromatic heterocycles. The molecule has 1 unspecified atom stereocenters. The van der Waals surface area contributed by atoms with E-state index in [9.17, 15) is 0 Å². The molecule has 1 nitrogen and oxygen atoms in total. The number of rotatable bonds is 1. The Morgan fingerprint density at radius 3 is 2.50 bits per heavy atom. The Morgan fingerprint density at radius 1 is 1.00 bits per heavy atom. The first-order valence-electron chi connectivity index (χ1n) is 5.60. The van der Waals surface area contributed by atoms with E-state index in [-0.39, 0.29) is 0 Å². The van der Waals surface area contributed by atoms with E-state index in [0.29, 0.717) is 0 Å². The minimum atomic E-state index is 0.952. The zero-order valence-electron chi connectivity index (χ0n) is 8.26. The van der Waals surface area contributed by atoms with Gasteiger partial charge >= 0.3 is 0 Å². The Morgan fingerprint density at radius 2 is 1.83 bits per heavy atom. The van der Waals surface area contributed by atoms with Crippen LogP contribution in [0, 0.1) is 5.92 Å². The Labute approximate surface area is 76.1 Å². The van der Waals surface area contributed by atoms with E-state index in [1.807, 2.05) is 0 Å². The summed E-state index contributed by atoms with van der Waals surface area (Å²) in [5.41, 5.74) is 0. The van der Waals surface area contributed by atoms with E-state index in [0.717, 1.165) is 12.0 Å². The monoisotopic (exact) mass is 167 g/mol. The fourth-order valence-electron chi connectivity index (χ4n) is 2.47. The molecule has 1 atom stereocenters. The summed E-state index contributed by atoms with van der Waals surface area (Å²) >= 11 is 0. The van der Waals surface area contributed by atoms with Crippen LogP contribution >= 0.6 is 0 Å². The molecule has 1 saturated carbocycles. The molecule has 1 aliphatic heterocycles. The molecule has 70 valence electrons. The first-order chi connectivity index (χ1) is 5.86. The highest BCUT2D eigenvalue weighted by molar-refractivity contribution is 4.82. The summed E-state index contributed by atoms with van der Waals surface area (Å²) in [4.78, 5) is 2.75. The quantitative estimate of drug-likeness (QED) is 0.580. The molecule has 2 aliphatic rings. The molecule has 0 radical (unpaired) electrons. The summed E-state index contributed by atoms with van der Waals surface area (Å²) in [6.45, 7) is 5.18. The third-order valence-electron chi connectivity index (χ3n) is 3.53.